The highest BCUT2D eigenvalue weighted by Crippen LogP contribution is 2.67. The zero-order valence-corrected chi connectivity index (χ0v) is 19.2. The van der Waals surface area contributed by atoms with Gasteiger partial charge in [0.2, 0.25) is 0 Å². The maximum Gasteiger partial charge on any atom is 0.155 e. The van der Waals surface area contributed by atoms with Crippen molar-refractivity contribution in [2.45, 2.75) is 105 Å². The molecule has 4 aliphatic rings. The number of carbonyl (C=O) groups is 1. The number of ketones is 1. The molecule has 0 saturated heterocycles. The van der Waals surface area contributed by atoms with Crippen LogP contribution in [-0.4, -0.2) is 5.78 Å². The fraction of sp³-hybridized carbons (Fsp3) is 0.889. The monoisotopic (exact) mass is 384 g/mol. The van der Waals surface area contributed by atoms with E-state index in [0.29, 0.717) is 16.6 Å². The van der Waals surface area contributed by atoms with Crippen LogP contribution in [0.15, 0.2) is 11.6 Å². The highest BCUT2D eigenvalue weighted by Gasteiger charge is 2.59. The molecule has 1 heteroatoms. The van der Waals surface area contributed by atoms with Gasteiger partial charge in [0.25, 0.3) is 0 Å². The molecule has 0 N–H and O–H groups in total. The van der Waals surface area contributed by atoms with Crippen LogP contribution in [-0.2, 0) is 4.79 Å². The second kappa shape index (κ2) is 7.59. The molecule has 1 nitrogen and oxygen atoms in total. The molecule has 0 spiro atoms. The van der Waals surface area contributed by atoms with Crippen molar-refractivity contribution in [2.24, 2.45) is 46.3 Å². The largest absolute Gasteiger partial charge is 0.295 e. The molecule has 0 aromatic carbocycles. The molecular weight excluding hydrogens is 340 g/mol. The van der Waals surface area contributed by atoms with E-state index in [-0.39, 0.29) is 0 Å². The quantitative estimate of drug-likeness (QED) is 0.477. The molecule has 3 saturated carbocycles. The van der Waals surface area contributed by atoms with Crippen LogP contribution in [0.3, 0.4) is 0 Å². The minimum Gasteiger partial charge on any atom is -0.295 e. The lowest BCUT2D eigenvalue weighted by molar-refractivity contribution is -0.117. The van der Waals surface area contributed by atoms with Crippen LogP contribution in [0.4, 0.5) is 0 Å². The summed E-state index contributed by atoms with van der Waals surface area (Å²) in [6.45, 7) is 12.5. The number of carbonyl (C=O) groups excluding carboxylic acids is 1. The summed E-state index contributed by atoms with van der Waals surface area (Å²) in [5.74, 6) is 5.79. The van der Waals surface area contributed by atoms with Gasteiger partial charge in [0.15, 0.2) is 5.78 Å². The Morgan fingerprint density at radius 1 is 0.964 bits per heavy atom. The van der Waals surface area contributed by atoms with E-state index in [4.69, 9.17) is 0 Å². The first-order valence-electron chi connectivity index (χ1n) is 12.5. The van der Waals surface area contributed by atoms with Crippen molar-refractivity contribution in [3.05, 3.63) is 11.6 Å². The van der Waals surface area contributed by atoms with E-state index in [1.165, 1.54) is 63.4 Å². The smallest absolute Gasteiger partial charge is 0.155 e. The van der Waals surface area contributed by atoms with Crippen molar-refractivity contribution in [1.29, 1.82) is 0 Å². The van der Waals surface area contributed by atoms with Crippen LogP contribution in [0.1, 0.15) is 105 Å². The van der Waals surface area contributed by atoms with Crippen molar-refractivity contribution in [1.82, 2.24) is 0 Å². The molecule has 158 valence electrons. The summed E-state index contributed by atoms with van der Waals surface area (Å²) in [6, 6.07) is 0. The van der Waals surface area contributed by atoms with Gasteiger partial charge in [-0.1, -0.05) is 59.5 Å². The van der Waals surface area contributed by atoms with Gasteiger partial charge in [0.1, 0.15) is 0 Å². The molecule has 4 rings (SSSR count). The average molecular weight is 385 g/mol. The lowest BCUT2D eigenvalue weighted by atomic mass is 9.46. The zero-order chi connectivity index (χ0) is 20.1. The second-order valence-electron chi connectivity index (χ2n) is 12.0. The fourth-order valence-corrected chi connectivity index (χ4v) is 8.58. The summed E-state index contributed by atoms with van der Waals surface area (Å²) in [4.78, 5) is 12.0. The topological polar surface area (TPSA) is 17.1 Å². The van der Waals surface area contributed by atoms with Gasteiger partial charge in [0, 0.05) is 6.42 Å². The fourth-order valence-electron chi connectivity index (χ4n) is 8.58. The molecule has 0 aromatic rings. The summed E-state index contributed by atoms with van der Waals surface area (Å²) < 4.78 is 0. The Labute approximate surface area is 174 Å². The SMILES string of the molecule is CC(C)CCC[C@H](C)[C@@H]1CC[C@H]2[C@H]3CCC4=CC(=O)CC[C@]4(C)[C@@H]3CC[C@@]21C. The van der Waals surface area contributed by atoms with Gasteiger partial charge in [-0.3, -0.25) is 4.79 Å². The molecule has 3 fully saturated rings. The molecule has 0 bridgehead atoms. The molecule has 0 aromatic heterocycles. The van der Waals surface area contributed by atoms with Gasteiger partial charge in [0.05, 0.1) is 0 Å². The van der Waals surface area contributed by atoms with Crippen molar-refractivity contribution in [2.75, 3.05) is 0 Å². The maximum atomic E-state index is 12.0. The van der Waals surface area contributed by atoms with Crippen molar-refractivity contribution in [3.8, 4) is 0 Å². The van der Waals surface area contributed by atoms with Crippen molar-refractivity contribution >= 4 is 5.78 Å². The van der Waals surface area contributed by atoms with E-state index < -0.39 is 0 Å². The van der Waals surface area contributed by atoms with Crippen LogP contribution >= 0.6 is 0 Å². The van der Waals surface area contributed by atoms with E-state index in [2.05, 4.69) is 40.7 Å². The highest BCUT2D eigenvalue weighted by molar-refractivity contribution is 5.91. The van der Waals surface area contributed by atoms with E-state index >= 15 is 0 Å². The first-order chi connectivity index (χ1) is 13.3. The van der Waals surface area contributed by atoms with E-state index in [0.717, 1.165) is 48.3 Å². The Kier molecular flexibility index (Phi) is 5.60. The first-order valence-corrected chi connectivity index (χ1v) is 12.5. The van der Waals surface area contributed by atoms with Gasteiger partial charge in [-0.2, -0.15) is 0 Å². The number of hydrogen-bond donors (Lipinski definition) is 0. The highest BCUT2D eigenvalue weighted by atomic mass is 16.1. The molecular formula is C27H44O. The molecule has 0 heterocycles. The minimum atomic E-state index is 0.332. The summed E-state index contributed by atoms with van der Waals surface area (Å²) in [5, 5.41) is 0. The number of rotatable bonds is 5. The van der Waals surface area contributed by atoms with E-state index in [9.17, 15) is 4.79 Å². The van der Waals surface area contributed by atoms with E-state index in [1.54, 1.807) is 0 Å². The molecule has 0 aliphatic heterocycles. The van der Waals surface area contributed by atoms with Crippen LogP contribution in [0.25, 0.3) is 0 Å². The number of allylic oxidation sites excluding steroid dienone is 1. The van der Waals surface area contributed by atoms with Gasteiger partial charge in [-0.15, -0.1) is 0 Å². The third-order valence-corrected chi connectivity index (χ3v) is 10.2. The van der Waals surface area contributed by atoms with Gasteiger partial charge < -0.3 is 0 Å². The lowest BCUT2D eigenvalue weighted by Gasteiger charge is -2.58. The Bertz CT molecular complexity index is 630. The van der Waals surface area contributed by atoms with Crippen molar-refractivity contribution in [3.63, 3.8) is 0 Å². The van der Waals surface area contributed by atoms with Crippen LogP contribution < -0.4 is 0 Å². The second-order valence-corrected chi connectivity index (χ2v) is 12.0. The van der Waals surface area contributed by atoms with Crippen LogP contribution in [0.2, 0.25) is 0 Å². The normalized spacial score (nSPS) is 43.9. The van der Waals surface area contributed by atoms with Crippen LogP contribution in [0, 0.1) is 46.3 Å². The third kappa shape index (κ3) is 3.33. The summed E-state index contributed by atoms with van der Waals surface area (Å²) in [5.41, 5.74) is 2.43. The molecule has 0 unspecified atom stereocenters. The molecule has 0 radical (unpaired) electrons. The van der Waals surface area contributed by atoms with Gasteiger partial charge in [-0.05, 0) is 97.4 Å². The molecule has 4 aliphatic carbocycles. The summed E-state index contributed by atoms with van der Waals surface area (Å²) in [6.07, 6.45) is 16.6. The standard InChI is InChI=1S/C27H44O/c1-18(2)7-6-8-19(3)23-11-12-24-22-10-9-20-17-21(28)13-15-26(20,4)25(22)14-16-27(23,24)5/h17-19,22-25H,6-16H2,1-5H3/t19-,22+,23-,24-,25+,26-,27+/m0/s1. The zero-order valence-electron chi connectivity index (χ0n) is 19.2. The minimum absolute atomic E-state index is 0.332. The van der Waals surface area contributed by atoms with Crippen molar-refractivity contribution < 1.29 is 4.79 Å². The Balaban J connectivity index is 1.49. The van der Waals surface area contributed by atoms with Gasteiger partial charge in [-0.25, -0.2) is 0 Å². The third-order valence-electron chi connectivity index (χ3n) is 10.2. The Morgan fingerprint density at radius 3 is 2.50 bits per heavy atom. The molecule has 0 amide bonds. The first kappa shape index (κ1) is 20.7. The molecule has 28 heavy (non-hydrogen) atoms. The maximum absolute atomic E-state index is 12.0. The average Bonchev–Trinajstić information content (AvgIpc) is 2.99. The Morgan fingerprint density at radius 2 is 1.75 bits per heavy atom. The predicted molar refractivity (Wildman–Crippen MR) is 118 cm³/mol. The van der Waals surface area contributed by atoms with Gasteiger partial charge >= 0.3 is 0 Å². The Hall–Kier alpha value is -0.590. The summed E-state index contributed by atoms with van der Waals surface area (Å²) in [7, 11) is 0. The summed E-state index contributed by atoms with van der Waals surface area (Å²) >= 11 is 0. The van der Waals surface area contributed by atoms with Crippen LogP contribution in [0.5, 0.6) is 0 Å². The predicted octanol–water partition coefficient (Wildman–Crippen LogP) is 7.60. The van der Waals surface area contributed by atoms with E-state index in [1.807, 2.05) is 0 Å². The number of fused-ring (bicyclic) bond motifs is 5. The molecule has 7 atom stereocenters. The number of hydrogen-bond acceptors (Lipinski definition) is 1. The lowest BCUT2D eigenvalue weighted by Crippen LogP contribution is -2.50.